The molecule has 1 aromatic heterocycles. The van der Waals surface area contributed by atoms with E-state index < -0.39 is 12.1 Å². The van der Waals surface area contributed by atoms with Gasteiger partial charge in [-0.1, -0.05) is 0 Å². The molecule has 10 heteroatoms. The van der Waals surface area contributed by atoms with Gasteiger partial charge in [-0.15, -0.1) is 11.3 Å². The first-order valence-corrected chi connectivity index (χ1v) is 9.83. The van der Waals surface area contributed by atoms with Gasteiger partial charge in [0.15, 0.2) is 11.5 Å². The lowest BCUT2D eigenvalue weighted by Crippen LogP contribution is -2.50. The number of aryl methyl sites for hydroxylation is 1. The molecule has 0 spiro atoms. The average Bonchev–Trinajstić information content (AvgIpc) is 3.09. The Morgan fingerprint density at radius 1 is 1.03 bits per heavy atom. The molecule has 0 aliphatic rings. The quantitative estimate of drug-likeness (QED) is 0.573. The number of rotatable bonds is 9. The summed E-state index contributed by atoms with van der Waals surface area (Å²) in [5.41, 5.74) is 8.86. The third kappa shape index (κ3) is 9.16. The first kappa shape index (κ1) is 24.7. The summed E-state index contributed by atoms with van der Waals surface area (Å²) in [6, 6.07) is 10.5. The summed E-state index contributed by atoms with van der Waals surface area (Å²) in [7, 11) is 0. The number of alkyl halides is 3. The highest BCUT2D eigenvalue weighted by atomic mass is 32.1. The van der Waals surface area contributed by atoms with Gasteiger partial charge < -0.3 is 30.8 Å². The zero-order valence-electron chi connectivity index (χ0n) is 16.2. The number of carbonyl (C=O) groups excluding carboxylic acids is 1. The summed E-state index contributed by atoms with van der Waals surface area (Å²) >= 11 is 1.79. The predicted molar refractivity (Wildman–Crippen MR) is 101 cm³/mol. The summed E-state index contributed by atoms with van der Waals surface area (Å²) in [6.45, 7) is 5.22. The number of aliphatic carboxylic acids is 1. The topological polar surface area (TPSA) is 114 Å². The van der Waals surface area contributed by atoms with Crippen molar-refractivity contribution in [3.63, 3.8) is 0 Å². The standard InChI is InChI=1S/C17H24N2O2S.C2HF3O2/c1-13-4-7-17(22-13)14-5-6-15(20-10-2-8-18)16(12-14)21-11-3-9-19;3-2(4,5)1(6)7/h4-7,12H,2-3,8-11,18-19H2,1H3;(H,6,7)/p+1. The van der Waals surface area contributed by atoms with Gasteiger partial charge in [-0.05, 0) is 42.8 Å². The second-order valence-corrected chi connectivity index (χ2v) is 7.26. The Bertz CT molecular complexity index is 766. The molecule has 0 radical (unpaired) electrons. The number of hydrogen-bond donors (Lipinski definition) is 2. The van der Waals surface area contributed by atoms with Crippen LogP contribution in [0, 0.1) is 6.92 Å². The Hall–Kier alpha value is -2.30. The molecule has 0 bridgehead atoms. The molecule has 1 heterocycles. The molecular weight excluding hydrogens is 409 g/mol. The maximum Gasteiger partial charge on any atom is 0.430 e. The summed E-state index contributed by atoms with van der Waals surface area (Å²) < 4.78 is 43.3. The van der Waals surface area contributed by atoms with E-state index in [1.165, 1.54) is 15.3 Å². The van der Waals surface area contributed by atoms with Crippen LogP contribution in [0.1, 0.15) is 17.7 Å². The van der Waals surface area contributed by atoms with Crippen molar-refractivity contribution < 1.29 is 44.0 Å². The monoisotopic (exact) mass is 435 g/mol. The zero-order valence-corrected chi connectivity index (χ0v) is 17.0. The van der Waals surface area contributed by atoms with E-state index in [1.54, 1.807) is 11.3 Å². The number of carbonyl (C=O) groups is 1. The molecule has 0 aliphatic heterocycles. The fourth-order valence-electron chi connectivity index (χ4n) is 2.05. The van der Waals surface area contributed by atoms with Gasteiger partial charge in [-0.2, -0.15) is 13.2 Å². The van der Waals surface area contributed by atoms with E-state index in [0.717, 1.165) is 37.4 Å². The average molecular weight is 435 g/mol. The molecule has 0 saturated carbocycles. The molecule has 0 unspecified atom stereocenters. The number of thiophene rings is 1. The van der Waals surface area contributed by atoms with Crippen LogP contribution in [0.3, 0.4) is 0 Å². The van der Waals surface area contributed by atoms with Crippen LogP contribution in [0.25, 0.3) is 10.4 Å². The Morgan fingerprint density at radius 2 is 1.59 bits per heavy atom. The van der Waals surface area contributed by atoms with Gasteiger partial charge in [0.1, 0.15) is 5.97 Å². The van der Waals surface area contributed by atoms with Crippen LogP contribution in [0.15, 0.2) is 30.3 Å². The van der Waals surface area contributed by atoms with Crippen LogP contribution in [0.2, 0.25) is 0 Å². The molecule has 0 amide bonds. The van der Waals surface area contributed by atoms with Gasteiger partial charge in [0.05, 0.1) is 26.3 Å². The van der Waals surface area contributed by atoms with Crippen LogP contribution >= 0.6 is 11.3 Å². The number of quaternary nitrogens is 2. The Kier molecular flexibility index (Phi) is 10.5. The van der Waals surface area contributed by atoms with Crippen molar-refractivity contribution in [3.05, 3.63) is 35.2 Å². The minimum atomic E-state index is -5.19. The molecule has 29 heavy (non-hydrogen) atoms. The number of benzene rings is 1. The van der Waals surface area contributed by atoms with Crippen LogP contribution in [-0.2, 0) is 4.79 Å². The summed E-state index contributed by atoms with van der Waals surface area (Å²) in [5, 5.41) is 8.78. The highest BCUT2D eigenvalue weighted by Gasteiger charge is 2.28. The van der Waals surface area contributed by atoms with Crippen molar-refractivity contribution in [3.8, 4) is 21.9 Å². The van der Waals surface area contributed by atoms with E-state index in [2.05, 4.69) is 42.7 Å². The van der Waals surface area contributed by atoms with Gasteiger partial charge in [-0.25, -0.2) is 0 Å². The molecule has 162 valence electrons. The van der Waals surface area contributed by atoms with Crippen molar-refractivity contribution >= 4 is 17.3 Å². The first-order valence-electron chi connectivity index (χ1n) is 9.02. The lowest BCUT2D eigenvalue weighted by molar-refractivity contribution is -0.369. The SMILES string of the molecule is Cc1ccc(-c2ccc(OCCC[NH3+])c(OCCC[NH3+])c2)s1.O=C([O-])C(F)(F)F. The van der Waals surface area contributed by atoms with Crippen LogP contribution in [0.4, 0.5) is 13.2 Å². The molecule has 6 N–H and O–H groups in total. The number of ether oxygens (including phenoxy) is 2. The second kappa shape index (κ2) is 12.3. The molecule has 0 atom stereocenters. The van der Waals surface area contributed by atoms with Crippen LogP contribution in [-0.4, -0.2) is 38.4 Å². The molecule has 0 aliphatic carbocycles. The van der Waals surface area contributed by atoms with Crippen LogP contribution in [0.5, 0.6) is 11.5 Å². The second-order valence-electron chi connectivity index (χ2n) is 5.97. The predicted octanol–water partition coefficient (Wildman–Crippen LogP) is 1.04. The van der Waals surface area contributed by atoms with Gasteiger partial charge in [0.25, 0.3) is 0 Å². The minimum Gasteiger partial charge on any atom is -0.542 e. The zero-order chi connectivity index (χ0) is 21.9. The van der Waals surface area contributed by atoms with Gasteiger partial charge in [0.2, 0.25) is 0 Å². The molecule has 0 fully saturated rings. The van der Waals surface area contributed by atoms with E-state index in [1.807, 2.05) is 6.07 Å². The lowest BCUT2D eigenvalue weighted by Gasteiger charge is -2.13. The largest absolute Gasteiger partial charge is 0.542 e. The number of carboxylic acids is 1. The highest BCUT2D eigenvalue weighted by molar-refractivity contribution is 7.15. The fraction of sp³-hybridized carbons (Fsp3) is 0.421. The third-order valence-electron chi connectivity index (χ3n) is 3.50. The van der Waals surface area contributed by atoms with Crippen molar-refractivity contribution in [1.29, 1.82) is 0 Å². The fourth-order valence-corrected chi connectivity index (χ4v) is 2.92. The Balaban J connectivity index is 0.000000516. The number of halogens is 3. The third-order valence-corrected chi connectivity index (χ3v) is 4.55. The van der Waals surface area contributed by atoms with Gasteiger partial charge in [-0.3, -0.25) is 0 Å². The first-order chi connectivity index (χ1) is 13.7. The molecule has 0 saturated heterocycles. The molecular formula is C19H26F3N2O4S+. The van der Waals surface area contributed by atoms with E-state index in [0.29, 0.717) is 13.2 Å². The molecule has 6 nitrogen and oxygen atoms in total. The summed E-state index contributed by atoms with van der Waals surface area (Å²) in [5.74, 6) is -1.37. The summed E-state index contributed by atoms with van der Waals surface area (Å²) in [4.78, 5) is 11.3. The van der Waals surface area contributed by atoms with Crippen molar-refractivity contribution in [2.45, 2.75) is 25.9 Å². The highest BCUT2D eigenvalue weighted by Crippen LogP contribution is 2.35. The normalized spacial score (nSPS) is 10.8. The number of hydrogen-bond acceptors (Lipinski definition) is 5. The van der Waals surface area contributed by atoms with Gasteiger partial charge >= 0.3 is 6.18 Å². The van der Waals surface area contributed by atoms with Crippen molar-refractivity contribution in [2.24, 2.45) is 0 Å². The summed E-state index contributed by atoms with van der Waals surface area (Å²) in [6.07, 6.45) is -3.30. The minimum absolute atomic E-state index is 0.669. The Morgan fingerprint density at radius 3 is 2.03 bits per heavy atom. The van der Waals surface area contributed by atoms with Gasteiger partial charge in [0, 0.05) is 22.6 Å². The smallest absolute Gasteiger partial charge is 0.430 e. The van der Waals surface area contributed by atoms with E-state index in [4.69, 9.17) is 19.4 Å². The number of carboxylic acid groups (broad SMARTS) is 1. The molecule has 2 rings (SSSR count). The maximum atomic E-state index is 10.5. The van der Waals surface area contributed by atoms with E-state index in [9.17, 15) is 13.2 Å². The maximum absolute atomic E-state index is 10.5. The lowest BCUT2D eigenvalue weighted by atomic mass is 10.1. The van der Waals surface area contributed by atoms with E-state index >= 15 is 0 Å². The molecule has 2 aromatic rings. The van der Waals surface area contributed by atoms with Crippen molar-refractivity contribution in [1.82, 2.24) is 0 Å². The molecule has 1 aromatic carbocycles. The Labute approximate surface area is 171 Å². The van der Waals surface area contributed by atoms with Crippen LogP contribution < -0.4 is 26.0 Å². The van der Waals surface area contributed by atoms with E-state index in [-0.39, 0.29) is 0 Å². The van der Waals surface area contributed by atoms with Crippen molar-refractivity contribution in [2.75, 3.05) is 26.3 Å².